The first-order valence-corrected chi connectivity index (χ1v) is 10.6. The van der Waals surface area contributed by atoms with E-state index in [1.54, 1.807) is 29.6 Å². The second kappa shape index (κ2) is 10.8. The molecular weight excluding hydrogens is 435 g/mol. The molecule has 0 spiro atoms. The monoisotopic (exact) mass is 460 g/mol. The topological polar surface area (TPSA) is 108 Å². The highest BCUT2D eigenvalue weighted by atomic mass is 32.1. The molecule has 10 heteroatoms. The maximum Gasteiger partial charge on any atom is 0.321 e. The molecule has 170 valence electrons. The van der Waals surface area contributed by atoms with Crippen LogP contribution in [0.1, 0.15) is 22.9 Å². The lowest BCUT2D eigenvalue weighted by Gasteiger charge is -2.14. The lowest BCUT2D eigenvalue weighted by molar-refractivity contribution is 0.251. The maximum absolute atomic E-state index is 13.0. The molecule has 1 atom stereocenters. The van der Waals surface area contributed by atoms with Crippen LogP contribution < -0.4 is 30.6 Å². The highest BCUT2D eigenvalue weighted by Gasteiger charge is 2.15. The first-order valence-electron chi connectivity index (χ1n) is 9.72. The molecule has 3 rings (SSSR count). The summed E-state index contributed by atoms with van der Waals surface area (Å²) in [6.07, 6.45) is 0.511. The maximum atomic E-state index is 13.0. The quantitative estimate of drug-likeness (QED) is 0.447. The Bertz CT molecular complexity index is 1030. The van der Waals surface area contributed by atoms with E-state index in [1.807, 2.05) is 0 Å². The Morgan fingerprint density at radius 2 is 1.75 bits per heavy atom. The van der Waals surface area contributed by atoms with Crippen LogP contribution in [0.15, 0.2) is 41.8 Å². The average molecular weight is 461 g/mol. The number of nitrogens with one attached hydrogen (secondary N) is 2. The van der Waals surface area contributed by atoms with Crippen molar-refractivity contribution in [1.82, 2.24) is 10.3 Å². The van der Waals surface area contributed by atoms with E-state index in [0.717, 1.165) is 11.1 Å². The fourth-order valence-corrected chi connectivity index (χ4v) is 3.82. The van der Waals surface area contributed by atoms with Gasteiger partial charge in [-0.1, -0.05) is 12.1 Å². The summed E-state index contributed by atoms with van der Waals surface area (Å²) in [5.41, 5.74) is 8.54. The molecule has 0 aliphatic rings. The minimum Gasteiger partial charge on any atom is -0.493 e. The molecule has 8 nitrogen and oxygen atoms in total. The zero-order chi connectivity index (χ0) is 23.1. The highest BCUT2D eigenvalue weighted by molar-refractivity contribution is 7.13. The molecule has 0 aliphatic heterocycles. The third-order valence-electron chi connectivity index (χ3n) is 4.67. The number of anilines is 1. The van der Waals surface area contributed by atoms with Crippen LogP contribution in [0.2, 0.25) is 0 Å². The molecule has 2 amide bonds. The van der Waals surface area contributed by atoms with Crippen LogP contribution in [-0.2, 0) is 13.0 Å². The summed E-state index contributed by atoms with van der Waals surface area (Å²) in [6, 6.07) is 8.92. The summed E-state index contributed by atoms with van der Waals surface area (Å²) < 4.78 is 29.0. The Morgan fingerprint density at radius 3 is 2.34 bits per heavy atom. The second-order valence-corrected chi connectivity index (χ2v) is 7.71. The van der Waals surface area contributed by atoms with Gasteiger partial charge in [0.25, 0.3) is 0 Å². The molecule has 0 fully saturated rings. The molecule has 32 heavy (non-hydrogen) atoms. The number of aromatic nitrogens is 1. The zero-order valence-corrected chi connectivity index (χ0v) is 18.8. The first-order chi connectivity index (χ1) is 15.4. The van der Waals surface area contributed by atoms with Crippen LogP contribution in [0.5, 0.6) is 17.2 Å². The molecular formula is C22H25FN4O4S. The molecule has 0 saturated carbocycles. The van der Waals surface area contributed by atoms with Crippen LogP contribution in [0.3, 0.4) is 0 Å². The average Bonchev–Trinajstić information content (AvgIpc) is 3.26. The number of ether oxygens (including phenoxy) is 3. The number of hydrogen-bond donors (Lipinski definition) is 3. The fraction of sp³-hybridized carbons (Fsp3) is 0.273. The molecule has 0 saturated heterocycles. The summed E-state index contributed by atoms with van der Waals surface area (Å²) in [4.78, 5) is 16.7. The van der Waals surface area contributed by atoms with Crippen molar-refractivity contribution in [3.8, 4) is 17.2 Å². The van der Waals surface area contributed by atoms with Crippen molar-refractivity contribution in [2.75, 3.05) is 26.6 Å². The number of halogens is 1. The lowest BCUT2D eigenvalue weighted by atomic mass is 10.0. The van der Waals surface area contributed by atoms with E-state index in [-0.39, 0.29) is 18.4 Å². The van der Waals surface area contributed by atoms with Crippen molar-refractivity contribution in [3.05, 3.63) is 64.4 Å². The van der Waals surface area contributed by atoms with Gasteiger partial charge in [0.2, 0.25) is 5.75 Å². The van der Waals surface area contributed by atoms with Gasteiger partial charge in [-0.05, 0) is 41.8 Å². The Morgan fingerprint density at radius 1 is 1.09 bits per heavy atom. The molecule has 3 aromatic rings. The van der Waals surface area contributed by atoms with Crippen molar-refractivity contribution >= 4 is 22.5 Å². The Kier molecular flexibility index (Phi) is 7.85. The van der Waals surface area contributed by atoms with Gasteiger partial charge in [-0.2, -0.15) is 0 Å². The predicted octanol–water partition coefficient (Wildman–Crippen LogP) is 3.87. The van der Waals surface area contributed by atoms with Crippen LogP contribution in [-0.4, -0.2) is 32.3 Å². The smallest absolute Gasteiger partial charge is 0.321 e. The SMILES string of the molecule is COc1cc(CNC(=O)Nc2nc(C(N)Cc3ccc(F)cc3)cs2)cc(OC)c1OC. The normalized spacial score (nSPS) is 11.5. The number of hydrogen-bond acceptors (Lipinski definition) is 7. The summed E-state index contributed by atoms with van der Waals surface area (Å²) in [7, 11) is 4.59. The standard InChI is InChI=1S/C22H25FN4O4S/c1-29-18-9-14(10-19(30-2)20(18)31-3)11-25-21(28)27-22-26-17(12-32-22)16(24)8-13-4-6-15(23)7-5-13/h4-7,9-10,12,16H,8,11,24H2,1-3H3,(H2,25,26,27,28). The molecule has 1 unspecified atom stereocenters. The molecule has 4 N–H and O–H groups in total. The van der Waals surface area contributed by atoms with Gasteiger partial charge in [-0.25, -0.2) is 14.2 Å². The number of urea groups is 1. The van der Waals surface area contributed by atoms with E-state index in [0.29, 0.717) is 34.5 Å². The largest absolute Gasteiger partial charge is 0.493 e. The Balaban J connectivity index is 1.57. The summed E-state index contributed by atoms with van der Waals surface area (Å²) in [6.45, 7) is 0.241. The third-order valence-corrected chi connectivity index (χ3v) is 5.44. The molecule has 1 aromatic heterocycles. The number of carbonyl (C=O) groups is 1. The van der Waals surface area contributed by atoms with Crippen molar-refractivity contribution in [2.24, 2.45) is 5.73 Å². The van der Waals surface area contributed by atoms with E-state index in [1.165, 1.54) is 44.8 Å². The van der Waals surface area contributed by atoms with Crippen molar-refractivity contribution in [2.45, 2.75) is 19.0 Å². The molecule has 0 bridgehead atoms. The van der Waals surface area contributed by atoms with Gasteiger partial charge in [0.1, 0.15) is 5.82 Å². The minimum atomic E-state index is -0.410. The number of thiazole rings is 1. The molecule has 2 aromatic carbocycles. The number of amides is 2. The number of rotatable bonds is 9. The molecule has 0 radical (unpaired) electrons. The lowest BCUT2D eigenvalue weighted by Crippen LogP contribution is -2.28. The number of benzene rings is 2. The van der Waals surface area contributed by atoms with Crippen molar-refractivity contribution in [3.63, 3.8) is 0 Å². The summed E-state index contributed by atoms with van der Waals surface area (Å²) in [5, 5.41) is 7.70. The van der Waals surface area contributed by atoms with E-state index < -0.39 is 6.03 Å². The number of carbonyl (C=O) groups excluding carboxylic acids is 1. The summed E-state index contributed by atoms with van der Waals surface area (Å²) >= 11 is 1.28. The summed E-state index contributed by atoms with van der Waals surface area (Å²) in [5.74, 6) is 1.20. The number of nitrogens with zero attached hydrogens (tertiary/aromatic N) is 1. The molecule has 0 aliphatic carbocycles. The predicted molar refractivity (Wildman–Crippen MR) is 121 cm³/mol. The van der Waals surface area contributed by atoms with Gasteiger partial charge >= 0.3 is 6.03 Å². The second-order valence-electron chi connectivity index (χ2n) is 6.86. The van der Waals surface area contributed by atoms with E-state index >= 15 is 0 Å². The van der Waals surface area contributed by atoms with Gasteiger partial charge in [0.15, 0.2) is 16.6 Å². The molecule has 1 heterocycles. The van der Waals surface area contributed by atoms with Crippen molar-refractivity contribution in [1.29, 1.82) is 0 Å². The number of methoxy groups -OCH3 is 3. The number of nitrogens with two attached hydrogens (primary N) is 1. The van der Waals surface area contributed by atoms with E-state index in [4.69, 9.17) is 19.9 Å². The van der Waals surface area contributed by atoms with Crippen LogP contribution in [0.25, 0.3) is 0 Å². The first kappa shape index (κ1) is 23.3. The Hall–Kier alpha value is -3.37. The van der Waals surface area contributed by atoms with E-state index in [9.17, 15) is 9.18 Å². The van der Waals surface area contributed by atoms with Gasteiger partial charge in [0, 0.05) is 11.9 Å². The van der Waals surface area contributed by atoms with Gasteiger partial charge in [0.05, 0.1) is 33.1 Å². The highest BCUT2D eigenvalue weighted by Crippen LogP contribution is 2.38. The third kappa shape index (κ3) is 5.86. The van der Waals surface area contributed by atoms with Gasteiger partial charge in [-0.15, -0.1) is 11.3 Å². The zero-order valence-electron chi connectivity index (χ0n) is 18.0. The van der Waals surface area contributed by atoms with Gasteiger partial charge < -0.3 is 25.3 Å². The van der Waals surface area contributed by atoms with Crippen LogP contribution >= 0.6 is 11.3 Å². The Labute approximate surface area is 189 Å². The van der Waals surface area contributed by atoms with Crippen LogP contribution in [0, 0.1) is 5.82 Å². The van der Waals surface area contributed by atoms with Crippen LogP contribution in [0.4, 0.5) is 14.3 Å². The van der Waals surface area contributed by atoms with Gasteiger partial charge in [-0.3, -0.25) is 5.32 Å². The minimum absolute atomic E-state index is 0.241. The van der Waals surface area contributed by atoms with Crippen molar-refractivity contribution < 1.29 is 23.4 Å². The fourth-order valence-electron chi connectivity index (χ4n) is 3.05. The van der Waals surface area contributed by atoms with E-state index in [2.05, 4.69) is 15.6 Å².